The van der Waals surface area contributed by atoms with Gasteiger partial charge in [-0.05, 0) is 50.5 Å². The van der Waals surface area contributed by atoms with Crippen LogP contribution >= 0.6 is 23.2 Å². The molecule has 1 aliphatic carbocycles. The van der Waals surface area contributed by atoms with Crippen LogP contribution in [0, 0.1) is 18.3 Å². The van der Waals surface area contributed by atoms with E-state index in [9.17, 15) is 14.4 Å². The quantitative estimate of drug-likeness (QED) is 0.283. The number of rotatable bonds is 11. The first kappa shape index (κ1) is 27.8. The number of Topliss-reactive ketones (excluding diaryl/α,β-unsaturated/α-hetero) is 1. The molecule has 2 amide bonds. The summed E-state index contributed by atoms with van der Waals surface area (Å²) in [7, 11) is 0. The lowest BCUT2D eigenvalue weighted by molar-refractivity contribution is -0.137. The van der Waals surface area contributed by atoms with Gasteiger partial charge >= 0.3 is 0 Å². The molecular formula is C26H30Cl2N6O4. The molecule has 1 aliphatic heterocycles. The molecular weight excluding hydrogens is 531 g/mol. The first-order valence-electron chi connectivity index (χ1n) is 12.4. The van der Waals surface area contributed by atoms with Gasteiger partial charge in [0, 0.05) is 49.1 Å². The van der Waals surface area contributed by atoms with Gasteiger partial charge < -0.3 is 20.3 Å². The zero-order chi connectivity index (χ0) is 27.4. The number of hydrogen-bond acceptors (Lipinski definition) is 8. The molecule has 0 spiro atoms. The monoisotopic (exact) mass is 560 g/mol. The van der Waals surface area contributed by atoms with Crippen LogP contribution in [0.25, 0.3) is 0 Å². The maximum Gasteiger partial charge on any atom is 0.242 e. The lowest BCUT2D eigenvalue weighted by atomic mass is 10.0. The summed E-state index contributed by atoms with van der Waals surface area (Å²) in [6, 6.07) is 6.13. The predicted octanol–water partition coefficient (Wildman–Crippen LogP) is 3.03. The second-order valence-electron chi connectivity index (χ2n) is 9.55. The average molecular weight is 561 g/mol. The zero-order valence-corrected chi connectivity index (χ0v) is 22.7. The number of nitrogens with one attached hydrogen (secondary N) is 3. The molecule has 1 saturated heterocycles. The Kier molecular flexibility index (Phi) is 8.52. The Balaban J connectivity index is 1.38. The number of amides is 2. The molecule has 2 heterocycles. The van der Waals surface area contributed by atoms with Crippen LogP contribution in [0.2, 0.25) is 0 Å². The van der Waals surface area contributed by atoms with Crippen molar-refractivity contribution in [1.82, 2.24) is 20.2 Å². The van der Waals surface area contributed by atoms with Gasteiger partial charge in [-0.1, -0.05) is 0 Å². The van der Waals surface area contributed by atoms with Crippen LogP contribution in [0.3, 0.4) is 0 Å². The highest BCUT2D eigenvalue weighted by Gasteiger charge is 2.51. The Labute approximate surface area is 231 Å². The highest BCUT2D eigenvalue weighted by Crippen LogP contribution is 2.52. The Hall–Kier alpha value is -3.24. The fraction of sp³-hybridized carbons (Fsp3) is 0.462. The van der Waals surface area contributed by atoms with E-state index in [1.165, 1.54) is 6.92 Å². The average Bonchev–Trinajstić information content (AvgIpc) is 3.25. The van der Waals surface area contributed by atoms with Gasteiger partial charge in [0.15, 0.2) is 11.6 Å². The number of aryl methyl sites for hydroxylation is 1. The third-order valence-electron chi connectivity index (χ3n) is 6.61. The number of carbonyl (C=O) groups excluding carboxylic acids is 3. The van der Waals surface area contributed by atoms with Gasteiger partial charge in [-0.2, -0.15) is 0 Å². The van der Waals surface area contributed by atoms with E-state index in [0.717, 1.165) is 12.1 Å². The lowest BCUT2D eigenvalue weighted by Crippen LogP contribution is -2.48. The van der Waals surface area contributed by atoms with E-state index in [4.69, 9.17) is 33.3 Å². The summed E-state index contributed by atoms with van der Waals surface area (Å²) in [6.45, 7) is 4.03. The van der Waals surface area contributed by atoms with Crippen molar-refractivity contribution >= 4 is 52.2 Å². The number of nitrogens with zero attached hydrogens (tertiary/aromatic N) is 3. The van der Waals surface area contributed by atoms with E-state index < -0.39 is 16.2 Å². The van der Waals surface area contributed by atoms with Crippen LogP contribution in [0.5, 0.6) is 5.75 Å². The summed E-state index contributed by atoms with van der Waals surface area (Å²) < 4.78 is 5.00. The molecule has 3 N–H and O–H groups in total. The number of ketones is 1. The molecule has 202 valence electrons. The Morgan fingerprint density at radius 2 is 2.03 bits per heavy atom. The fourth-order valence-electron chi connectivity index (χ4n) is 4.32. The maximum absolute atomic E-state index is 13.0. The van der Waals surface area contributed by atoms with Crippen molar-refractivity contribution in [3.05, 3.63) is 47.5 Å². The minimum Gasteiger partial charge on any atom is -0.486 e. The minimum absolute atomic E-state index is 0.0216. The molecule has 2 aromatic rings. The summed E-state index contributed by atoms with van der Waals surface area (Å²) >= 11 is 12.1. The standard InChI is InChI=1S/C26H30Cl2N6O4/c1-15-7-8-30-22(33-15)14-38-18-5-6-20(19(10-18)24(29)16(2)35)31-13-23(36)34-9-3-4-21(34)25(37)32-12-17-11-26(17,27)28/h5-8,10,17,21,29,31H,3-4,9,11-14H2,1-2H3,(H,32,37)/t17-,21+/m1/s1. The molecule has 0 bridgehead atoms. The largest absolute Gasteiger partial charge is 0.486 e. The van der Waals surface area contributed by atoms with E-state index in [0.29, 0.717) is 48.8 Å². The third-order valence-corrected chi connectivity index (χ3v) is 7.54. The summed E-state index contributed by atoms with van der Waals surface area (Å²) in [6.07, 6.45) is 3.58. The van der Waals surface area contributed by atoms with Crippen LogP contribution < -0.4 is 15.4 Å². The number of carbonyl (C=O) groups is 3. The molecule has 2 atom stereocenters. The smallest absolute Gasteiger partial charge is 0.242 e. The van der Waals surface area contributed by atoms with Crippen molar-refractivity contribution in [2.75, 3.05) is 25.0 Å². The topological polar surface area (TPSA) is 137 Å². The van der Waals surface area contributed by atoms with Crippen LogP contribution in [-0.2, 0) is 21.0 Å². The van der Waals surface area contributed by atoms with Crippen LogP contribution in [0.15, 0.2) is 30.5 Å². The predicted molar refractivity (Wildman–Crippen MR) is 144 cm³/mol. The first-order chi connectivity index (χ1) is 18.0. The van der Waals surface area contributed by atoms with E-state index in [1.807, 2.05) is 6.92 Å². The maximum atomic E-state index is 13.0. The molecule has 1 aromatic carbocycles. The van der Waals surface area contributed by atoms with Crippen molar-refractivity contribution < 1.29 is 19.1 Å². The molecule has 12 heteroatoms. The van der Waals surface area contributed by atoms with Crippen LogP contribution in [0.1, 0.15) is 43.3 Å². The number of likely N-dealkylation sites (tertiary alicyclic amines) is 1. The Bertz CT molecular complexity index is 1250. The first-order valence-corrected chi connectivity index (χ1v) is 13.1. The van der Waals surface area contributed by atoms with Gasteiger partial charge in [0.25, 0.3) is 0 Å². The second kappa shape index (κ2) is 11.7. The number of halogens is 2. The van der Waals surface area contributed by atoms with Crippen molar-refractivity contribution in [2.45, 2.75) is 50.1 Å². The zero-order valence-electron chi connectivity index (χ0n) is 21.2. The highest BCUT2D eigenvalue weighted by molar-refractivity contribution is 6.50. The molecule has 10 nitrogen and oxygen atoms in total. The molecule has 1 saturated carbocycles. The van der Waals surface area contributed by atoms with Crippen LogP contribution in [-0.4, -0.2) is 68.2 Å². The number of hydrogen-bond donors (Lipinski definition) is 3. The number of anilines is 1. The number of ether oxygens (including phenoxy) is 1. The second-order valence-corrected chi connectivity index (χ2v) is 11.1. The van der Waals surface area contributed by atoms with Gasteiger partial charge in [-0.15, -0.1) is 23.2 Å². The van der Waals surface area contributed by atoms with Gasteiger partial charge in [0.05, 0.1) is 6.54 Å². The Morgan fingerprint density at radius 1 is 1.26 bits per heavy atom. The molecule has 0 radical (unpaired) electrons. The minimum atomic E-state index is -0.775. The molecule has 2 aliphatic rings. The Morgan fingerprint density at radius 3 is 2.71 bits per heavy atom. The van der Waals surface area contributed by atoms with Crippen molar-refractivity contribution in [2.24, 2.45) is 5.92 Å². The highest BCUT2D eigenvalue weighted by atomic mass is 35.5. The van der Waals surface area contributed by atoms with E-state index in [2.05, 4.69) is 20.6 Å². The molecule has 2 fully saturated rings. The fourth-order valence-corrected chi connectivity index (χ4v) is 4.85. The van der Waals surface area contributed by atoms with Crippen molar-refractivity contribution in [3.63, 3.8) is 0 Å². The van der Waals surface area contributed by atoms with E-state index in [1.54, 1.807) is 35.4 Å². The summed E-state index contributed by atoms with van der Waals surface area (Å²) in [4.78, 5) is 47.8. The number of aromatic nitrogens is 2. The SMILES string of the molecule is CC(=O)C(=N)c1cc(OCc2nccc(C)n2)ccc1NCC(=O)N1CCC[C@H]1C(=O)NC[C@H]1CC1(Cl)Cl. The number of alkyl halides is 2. The normalized spacial score (nSPS) is 19.5. The lowest BCUT2D eigenvalue weighted by Gasteiger charge is -2.24. The molecule has 4 rings (SSSR count). The molecule has 0 unspecified atom stereocenters. The summed E-state index contributed by atoms with van der Waals surface area (Å²) in [5.74, 6) is 0.0573. The molecule has 38 heavy (non-hydrogen) atoms. The summed E-state index contributed by atoms with van der Waals surface area (Å²) in [5, 5.41) is 14.2. The van der Waals surface area contributed by atoms with Gasteiger partial charge in [-0.3, -0.25) is 19.8 Å². The van der Waals surface area contributed by atoms with Gasteiger partial charge in [0.1, 0.15) is 28.4 Å². The van der Waals surface area contributed by atoms with Gasteiger partial charge in [-0.25, -0.2) is 9.97 Å². The van der Waals surface area contributed by atoms with E-state index in [-0.39, 0.29) is 36.6 Å². The van der Waals surface area contributed by atoms with Crippen LogP contribution in [0.4, 0.5) is 5.69 Å². The van der Waals surface area contributed by atoms with Crippen molar-refractivity contribution in [3.8, 4) is 5.75 Å². The van der Waals surface area contributed by atoms with Crippen molar-refractivity contribution in [1.29, 1.82) is 5.41 Å². The molecule has 1 aromatic heterocycles. The summed E-state index contributed by atoms with van der Waals surface area (Å²) in [5.41, 5.74) is 1.34. The number of benzene rings is 1. The third kappa shape index (κ3) is 6.79. The van der Waals surface area contributed by atoms with E-state index >= 15 is 0 Å². The van der Waals surface area contributed by atoms with Gasteiger partial charge in [0.2, 0.25) is 11.8 Å².